The molecule has 0 radical (unpaired) electrons. The smallest absolute Gasteiger partial charge is 0.333 e. The van der Waals surface area contributed by atoms with Gasteiger partial charge in [0.2, 0.25) is 5.91 Å². The van der Waals surface area contributed by atoms with E-state index in [1.165, 1.54) is 0 Å². The molecule has 1 aliphatic heterocycles. The SMILES string of the molecule is NC(=O)C1NCCOC1=O. The van der Waals surface area contributed by atoms with E-state index >= 15 is 0 Å². The number of ether oxygens (including phenoxy) is 1. The minimum absolute atomic E-state index is 0.308. The zero-order chi connectivity index (χ0) is 7.56. The molecular weight excluding hydrogens is 136 g/mol. The molecule has 1 fully saturated rings. The van der Waals surface area contributed by atoms with Crippen molar-refractivity contribution in [2.24, 2.45) is 5.73 Å². The second-order valence-electron chi connectivity index (χ2n) is 1.96. The summed E-state index contributed by atoms with van der Waals surface area (Å²) in [6.45, 7) is 0.794. The fraction of sp³-hybridized carbons (Fsp3) is 0.600. The number of hydrogen-bond acceptors (Lipinski definition) is 4. The van der Waals surface area contributed by atoms with Gasteiger partial charge < -0.3 is 10.5 Å². The van der Waals surface area contributed by atoms with Gasteiger partial charge in [0.1, 0.15) is 6.61 Å². The maximum atomic E-state index is 10.7. The van der Waals surface area contributed by atoms with Crippen molar-refractivity contribution in [1.29, 1.82) is 0 Å². The molecule has 0 spiro atoms. The number of esters is 1. The number of carbonyl (C=O) groups is 2. The lowest BCUT2D eigenvalue weighted by Crippen LogP contribution is -2.52. The van der Waals surface area contributed by atoms with Crippen molar-refractivity contribution in [3.05, 3.63) is 0 Å². The first-order valence-electron chi connectivity index (χ1n) is 2.91. The Labute approximate surface area is 57.5 Å². The van der Waals surface area contributed by atoms with Crippen molar-refractivity contribution in [1.82, 2.24) is 5.32 Å². The summed E-state index contributed by atoms with van der Waals surface area (Å²) in [6, 6.07) is -0.950. The van der Waals surface area contributed by atoms with Crippen LogP contribution in [0.25, 0.3) is 0 Å². The van der Waals surface area contributed by atoms with Gasteiger partial charge in [-0.2, -0.15) is 0 Å². The van der Waals surface area contributed by atoms with Gasteiger partial charge in [0.05, 0.1) is 0 Å². The molecule has 0 aliphatic carbocycles. The molecule has 1 amide bonds. The number of primary amides is 1. The predicted molar refractivity (Wildman–Crippen MR) is 31.9 cm³/mol. The molecular formula is C5H8N2O3. The van der Waals surface area contributed by atoms with E-state index < -0.39 is 17.9 Å². The lowest BCUT2D eigenvalue weighted by atomic mass is 10.2. The second-order valence-corrected chi connectivity index (χ2v) is 1.96. The van der Waals surface area contributed by atoms with Gasteiger partial charge in [-0.15, -0.1) is 0 Å². The van der Waals surface area contributed by atoms with Gasteiger partial charge in [0.15, 0.2) is 6.04 Å². The van der Waals surface area contributed by atoms with Gasteiger partial charge in [-0.25, -0.2) is 4.79 Å². The highest BCUT2D eigenvalue weighted by molar-refractivity contribution is 6.01. The Morgan fingerprint density at radius 2 is 2.50 bits per heavy atom. The first-order valence-corrected chi connectivity index (χ1v) is 2.91. The van der Waals surface area contributed by atoms with E-state index in [1.54, 1.807) is 0 Å². The maximum absolute atomic E-state index is 10.7. The number of amides is 1. The molecule has 0 aromatic carbocycles. The van der Waals surface area contributed by atoms with E-state index in [2.05, 4.69) is 10.1 Å². The molecule has 1 unspecified atom stereocenters. The topological polar surface area (TPSA) is 81.4 Å². The number of cyclic esters (lactones) is 1. The van der Waals surface area contributed by atoms with Crippen molar-refractivity contribution in [2.45, 2.75) is 6.04 Å². The van der Waals surface area contributed by atoms with Crippen molar-refractivity contribution >= 4 is 11.9 Å². The summed E-state index contributed by atoms with van der Waals surface area (Å²) in [5, 5.41) is 2.62. The summed E-state index contributed by atoms with van der Waals surface area (Å²) < 4.78 is 4.55. The number of nitrogens with one attached hydrogen (secondary N) is 1. The van der Waals surface area contributed by atoms with Crippen LogP contribution in [0.3, 0.4) is 0 Å². The van der Waals surface area contributed by atoms with Gasteiger partial charge in [-0.3, -0.25) is 10.1 Å². The van der Waals surface area contributed by atoms with Gasteiger partial charge in [-0.05, 0) is 0 Å². The highest BCUT2D eigenvalue weighted by Gasteiger charge is 2.28. The Kier molecular flexibility index (Phi) is 1.86. The van der Waals surface area contributed by atoms with Gasteiger partial charge in [0.25, 0.3) is 0 Å². The van der Waals surface area contributed by atoms with Crippen LogP contribution < -0.4 is 11.1 Å². The molecule has 0 saturated carbocycles. The summed E-state index contributed by atoms with van der Waals surface area (Å²) in [4.78, 5) is 21.1. The summed E-state index contributed by atoms with van der Waals surface area (Å²) >= 11 is 0. The fourth-order valence-electron chi connectivity index (χ4n) is 0.738. The third-order valence-electron chi connectivity index (χ3n) is 1.22. The standard InChI is InChI=1S/C5H8N2O3/c6-4(8)3-5(9)10-2-1-7-3/h3,7H,1-2H2,(H2,6,8). The van der Waals surface area contributed by atoms with Crippen LogP contribution in [0.15, 0.2) is 0 Å². The van der Waals surface area contributed by atoms with Crippen LogP contribution in [0, 0.1) is 0 Å². The molecule has 0 aromatic heterocycles. The van der Waals surface area contributed by atoms with Crippen LogP contribution >= 0.6 is 0 Å². The number of morpholine rings is 1. The van der Waals surface area contributed by atoms with Crippen molar-refractivity contribution in [2.75, 3.05) is 13.2 Å². The van der Waals surface area contributed by atoms with Crippen LogP contribution in [0.4, 0.5) is 0 Å². The summed E-state index contributed by atoms with van der Waals surface area (Å²) in [7, 11) is 0. The van der Waals surface area contributed by atoms with E-state index in [-0.39, 0.29) is 0 Å². The monoisotopic (exact) mass is 144 g/mol. The Morgan fingerprint density at radius 3 is 2.90 bits per heavy atom. The molecule has 56 valence electrons. The molecule has 0 aromatic rings. The summed E-state index contributed by atoms with van der Waals surface area (Å²) in [5.41, 5.74) is 4.86. The molecule has 5 heteroatoms. The number of rotatable bonds is 1. The highest BCUT2D eigenvalue weighted by atomic mass is 16.5. The van der Waals surface area contributed by atoms with Crippen LogP contribution in [0.1, 0.15) is 0 Å². The third kappa shape index (κ3) is 1.24. The Bertz CT molecular complexity index is 168. The van der Waals surface area contributed by atoms with E-state index in [4.69, 9.17) is 5.73 Å². The van der Waals surface area contributed by atoms with Gasteiger partial charge >= 0.3 is 5.97 Å². The molecule has 0 bridgehead atoms. The van der Waals surface area contributed by atoms with Crippen LogP contribution in [0.2, 0.25) is 0 Å². The van der Waals surface area contributed by atoms with E-state index in [0.717, 1.165) is 0 Å². The normalized spacial score (nSPS) is 25.6. The Balaban J connectivity index is 2.56. The van der Waals surface area contributed by atoms with E-state index in [0.29, 0.717) is 13.2 Å². The average Bonchev–Trinajstić information content (AvgIpc) is 1.88. The van der Waals surface area contributed by atoms with Crippen molar-refractivity contribution < 1.29 is 14.3 Å². The number of hydrogen-bond donors (Lipinski definition) is 2. The number of carbonyl (C=O) groups excluding carboxylic acids is 2. The van der Waals surface area contributed by atoms with Crippen LogP contribution in [-0.2, 0) is 14.3 Å². The average molecular weight is 144 g/mol. The predicted octanol–water partition coefficient (Wildman–Crippen LogP) is -2.01. The van der Waals surface area contributed by atoms with Crippen LogP contribution in [-0.4, -0.2) is 31.1 Å². The molecule has 1 aliphatic rings. The molecule has 10 heavy (non-hydrogen) atoms. The highest BCUT2D eigenvalue weighted by Crippen LogP contribution is 1.93. The lowest BCUT2D eigenvalue weighted by Gasteiger charge is -2.19. The van der Waals surface area contributed by atoms with Crippen molar-refractivity contribution in [3.63, 3.8) is 0 Å². The largest absolute Gasteiger partial charge is 0.463 e. The Hall–Kier alpha value is -1.10. The first-order chi connectivity index (χ1) is 4.72. The minimum Gasteiger partial charge on any atom is -0.463 e. The molecule has 1 atom stereocenters. The molecule has 3 N–H and O–H groups in total. The fourth-order valence-corrected chi connectivity index (χ4v) is 0.738. The molecule has 1 heterocycles. The zero-order valence-corrected chi connectivity index (χ0v) is 5.29. The van der Waals surface area contributed by atoms with Gasteiger partial charge in [0, 0.05) is 6.54 Å². The third-order valence-corrected chi connectivity index (χ3v) is 1.22. The first kappa shape index (κ1) is 7.01. The minimum atomic E-state index is -0.950. The zero-order valence-electron chi connectivity index (χ0n) is 5.29. The van der Waals surface area contributed by atoms with Crippen molar-refractivity contribution in [3.8, 4) is 0 Å². The lowest BCUT2D eigenvalue weighted by molar-refractivity contribution is -0.152. The second kappa shape index (κ2) is 2.66. The summed E-state index contributed by atoms with van der Waals surface area (Å²) in [5.74, 6) is -1.27. The Morgan fingerprint density at radius 1 is 1.80 bits per heavy atom. The molecule has 1 rings (SSSR count). The molecule has 1 saturated heterocycles. The molecule has 5 nitrogen and oxygen atoms in total. The van der Waals surface area contributed by atoms with E-state index in [9.17, 15) is 9.59 Å². The maximum Gasteiger partial charge on any atom is 0.333 e. The van der Waals surface area contributed by atoms with Gasteiger partial charge in [-0.1, -0.05) is 0 Å². The van der Waals surface area contributed by atoms with Crippen LogP contribution in [0.5, 0.6) is 0 Å². The summed E-state index contributed by atoms with van der Waals surface area (Å²) in [6.07, 6.45) is 0. The van der Waals surface area contributed by atoms with E-state index in [1.807, 2.05) is 0 Å². The number of nitrogens with two attached hydrogens (primary N) is 1. The quantitative estimate of drug-likeness (QED) is 0.329.